The first-order chi connectivity index (χ1) is 9.42. The number of hydrogen-bond acceptors (Lipinski definition) is 5. The normalized spacial score (nSPS) is 16.6. The first-order valence-electron chi connectivity index (χ1n) is 6.35. The lowest BCUT2D eigenvalue weighted by molar-refractivity contribution is -0.150. The Morgan fingerprint density at radius 1 is 1.45 bits per heavy atom. The van der Waals surface area contributed by atoms with E-state index in [9.17, 15) is 14.4 Å². The van der Waals surface area contributed by atoms with Crippen LogP contribution in [0.25, 0.3) is 0 Å². The minimum atomic E-state index is -0.552. The van der Waals surface area contributed by atoms with E-state index >= 15 is 0 Å². The van der Waals surface area contributed by atoms with Crippen LogP contribution in [0.3, 0.4) is 0 Å². The number of imide groups is 1. The maximum atomic E-state index is 11.9. The van der Waals surface area contributed by atoms with Crippen LogP contribution in [0, 0.1) is 12.8 Å². The minimum absolute atomic E-state index is 0.0604. The molecule has 7 nitrogen and oxygen atoms in total. The molecule has 0 aliphatic carbocycles. The van der Waals surface area contributed by atoms with Crippen LogP contribution in [-0.4, -0.2) is 22.6 Å². The number of carbonyl (C=O) groups excluding carboxylic acids is 3. The molecule has 1 saturated heterocycles. The molecule has 1 fully saturated rings. The molecular weight excluding hydrogens is 262 g/mol. The second kappa shape index (κ2) is 5.46. The number of likely N-dealkylation sites (tertiary alicyclic amines) is 1. The SMILES string of the molecule is Cc1oc(C(=O)NN)cc1CN1C(=O)CC(C)CC1=O. The Labute approximate surface area is 116 Å². The fraction of sp³-hybridized carbons (Fsp3) is 0.462. The Balaban J connectivity index is 2.17. The number of nitrogen functional groups attached to an aromatic ring is 1. The first-order valence-corrected chi connectivity index (χ1v) is 6.35. The van der Waals surface area contributed by atoms with Crippen molar-refractivity contribution in [1.29, 1.82) is 0 Å². The van der Waals surface area contributed by atoms with E-state index in [1.807, 2.05) is 12.3 Å². The third-order valence-corrected chi connectivity index (χ3v) is 3.35. The molecule has 3 N–H and O–H groups in total. The second-order valence-electron chi connectivity index (χ2n) is 5.05. The molecule has 1 aromatic heterocycles. The summed E-state index contributed by atoms with van der Waals surface area (Å²) in [6.45, 7) is 3.67. The van der Waals surface area contributed by atoms with Gasteiger partial charge in [-0.1, -0.05) is 6.92 Å². The summed E-state index contributed by atoms with van der Waals surface area (Å²) in [5.74, 6) is 4.71. The van der Waals surface area contributed by atoms with Gasteiger partial charge in [0.1, 0.15) is 5.76 Å². The fourth-order valence-electron chi connectivity index (χ4n) is 2.23. The number of rotatable bonds is 3. The lowest BCUT2D eigenvalue weighted by Crippen LogP contribution is -2.42. The summed E-state index contributed by atoms with van der Waals surface area (Å²) in [7, 11) is 0. The number of piperidine rings is 1. The van der Waals surface area contributed by atoms with Crippen LogP contribution < -0.4 is 11.3 Å². The van der Waals surface area contributed by atoms with E-state index in [1.54, 1.807) is 6.92 Å². The number of aryl methyl sites for hydroxylation is 1. The van der Waals surface area contributed by atoms with Gasteiger partial charge in [-0.3, -0.25) is 24.7 Å². The summed E-state index contributed by atoms with van der Waals surface area (Å²) in [6.07, 6.45) is 0.720. The van der Waals surface area contributed by atoms with Gasteiger partial charge in [-0.05, 0) is 18.9 Å². The number of hydrogen-bond donors (Lipinski definition) is 2. The molecule has 0 aromatic carbocycles. The van der Waals surface area contributed by atoms with Crippen LogP contribution in [0.2, 0.25) is 0 Å². The third kappa shape index (κ3) is 2.72. The highest BCUT2D eigenvalue weighted by Gasteiger charge is 2.31. The van der Waals surface area contributed by atoms with E-state index in [4.69, 9.17) is 10.3 Å². The van der Waals surface area contributed by atoms with Gasteiger partial charge in [-0.2, -0.15) is 0 Å². The van der Waals surface area contributed by atoms with Crippen molar-refractivity contribution < 1.29 is 18.8 Å². The van der Waals surface area contributed by atoms with E-state index in [2.05, 4.69) is 0 Å². The number of carbonyl (C=O) groups is 3. The van der Waals surface area contributed by atoms with Crippen molar-refractivity contribution in [2.75, 3.05) is 0 Å². The molecule has 0 unspecified atom stereocenters. The van der Waals surface area contributed by atoms with Crippen molar-refractivity contribution in [3.63, 3.8) is 0 Å². The van der Waals surface area contributed by atoms with Gasteiger partial charge in [-0.15, -0.1) is 0 Å². The summed E-state index contributed by atoms with van der Waals surface area (Å²) in [5, 5.41) is 0. The molecular formula is C13H17N3O4. The van der Waals surface area contributed by atoms with Crippen LogP contribution >= 0.6 is 0 Å². The van der Waals surface area contributed by atoms with E-state index in [-0.39, 0.29) is 30.0 Å². The zero-order valence-electron chi connectivity index (χ0n) is 11.4. The molecule has 1 aromatic rings. The summed E-state index contributed by atoms with van der Waals surface area (Å²) >= 11 is 0. The molecule has 1 aliphatic heterocycles. The molecule has 3 amide bonds. The van der Waals surface area contributed by atoms with Gasteiger partial charge < -0.3 is 4.42 Å². The predicted octanol–water partition coefficient (Wildman–Crippen LogP) is 0.477. The Kier molecular flexibility index (Phi) is 3.89. The summed E-state index contributed by atoms with van der Waals surface area (Å²) in [4.78, 5) is 36.4. The molecule has 2 heterocycles. The Morgan fingerprint density at radius 3 is 2.60 bits per heavy atom. The second-order valence-corrected chi connectivity index (χ2v) is 5.05. The molecule has 0 saturated carbocycles. The highest BCUT2D eigenvalue weighted by Crippen LogP contribution is 2.23. The van der Waals surface area contributed by atoms with Crippen molar-refractivity contribution in [1.82, 2.24) is 10.3 Å². The molecule has 7 heteroatoms. The van der Waals surface area contributed by atoms with Gasteiger partial charge >= 0.3 is 5.91 Å². The van der Waals surface area contributed by atoms with Crippen molar-refractivity contribution >= 4 is 17.7 Å². The van der Waals surface area contributed by atoms with Gasteiger partial charge in [0.2, 0.25) is 11.8 Å². The predicted molar refractivity (Wildman–Crippen MR) is 69.1 cm³/mol. The molecule has 1 aliphatic rings. The monoisotopic (exact) mass is 279 g/mol. The highest BCUT2D eigenvalue weighted by atomic mass is 16.4. The first kappa shape index (κ1) is 14.3. The number of nitrogens with one attached hydrogen (secondary N) is 1. The Morgan fingerprint density at radius 2 is 2.05 bits per heavy atom. The van der Waals surface area contributed by atoms with E-state index in [0.29, 0.717) is 24.2 Å². The number of nitrogens with zero attached hydrogens (tertiary/aromatic N) is 1. The maximum Gasteiger partial charge on any atom is 0.300 e. The van der Waals surface area contributed by atoms with Crippen LogP contribution in [-0.2, 0) is 16.1 Å². The van der Waals surface area contributed by atoms with Crippen LogP contribution in [0.4, 0.5) is 0 Å². The minimum Gasteiger partial charge on any atom is -0.456 e. The number of furan rings is 1. The molecule has 0 radical (unpaired) electrons. The number of amides is 3. The van der Waals surface area contributed by atoms with Crippen molar-refractivity contribution in [3.05, 3.63) is 23.2 Å². The highest BCUT2D eigenvalue weighted by molar-refractivity contribution is 5.98. The topological polar surface area (TPSA) is 106 Å². The molecule has 2 rings (SSSR count). The van der Waals surface area contributed by atoms with Gasteiger partial charge in [0.15, 0.2) is 5.76 Å². The quantitative estimate of drug-likeness (QED) is 0.362. The number of hydrazine groups is 1. The van der Waals surface area contributed by atoms with E-state index in [0.717, 1.165) is 0 Å². The van der Waals surface area contributed by atoms with Gasteiger partial charge in [0, 0.05) is 18.4 Å². The zero-order valence-corrected chi connectivity index (χ0v) is 11.4. The van der Waals surface area contributed by atoms with Crippen LogP contribution in [0.5, 0.6) is 0 Å². The molecule has 108 valence electrons. The van der Waals surface area contributed by atoms with Crippen LogP contribution in [0.1, 0.15) is 41.6 Å². The van der Waals surface area contributed by atoms with Crippen molar-refractivity contribution in [2.24, 2.45) is 11.8 Å². The van der Waals surface area contributed by atoms with Crippen molar-refractivity contribution in [2.45, 2.75) is 33.2 Å². The molecule has 0 bridgehead atoms. The average molecular weight is 279 g/mol. The fourth-order valence-corrected chi connectivity index (χ4v) is 2.23. The smallest absolute Gasteiger partial charge is 0.300 e. The van der Waals surface area contributed by atoms with Crippen LogP contribution in [0.15, 0.2) is 10.5 Å². The standard InChI is InChI=1S/C13H17N3O4/c1-7-3-11(17)16(12(18)4-7)6-9-5-10(13(19)15-14)20-8(9)2/h5,7H,3-4,6,14H2,1-2H3,(H,15,19). The molecule has 0 atom stereocenters. The molecule has 20 heavy (non-hydrogen) atoms. The lowest BCUT2D eigenvalue weighted by Gasteiger charge is -2.28. The molecule has 0 spiro atoms. The third-order valence-electron chi connectivity index (χ3n) is 3.35. The summed E-state index contributed by atoms with van der Waals surface area (Å²) in [5.41, 5.74) is 2.59. The maximum absolute atomic E-state index is 11.9. The van der Waals surface area contributed by atoms with Gasteiger partial charge in [-0.25, -0.2) is 5.84 Å². The summed E-state index contributed by atoms with van der Waals surface area (Å²) < 4.78 is 5.26. The largest absolute Gasteiger partial charge is 0.456 e. The van der Waals surface area contributed by atoms with E-state index in [1.165, 1.54) is 11.0 Å². The Bertz CT molecular complexity index is 546. The Hall–Kier alpha value is -2.15. The zero-order chi connectivity index (χ0) is 14.9. The summed E-state index contributed by atoms with van der Waals surface area (Å²) in [6, 6.07) is 1.50. The number of nitrogens with two attached hydrogens (primary N) is 1. The average Bonchev–Trinajstić information content (AvgIpc) is 2.74. The van der Waals surface area contributed by atoms with Gasteiger partial charge in [0.05, 0.1) is 6.54 Å². The van der Waals surface area contributed by atoms with Crippen molar-refractivity contribution in [3.8, 4) is 0 Å². The van der Waals surface area contributed by atoms with Gasteiger partial charge in [0.25, 0.3) is 0 Å². The lowest BCUT2D eigenvalue weighted by atomic mass is 9.97. The van der Waals surface area contributed by atoms with E-state index < -0.39 is 5.91 Å².